The Hall–Kier alpha value is -2.41. The first kappa shape index (κ1) is 20.3. The molecular formula is C21H30N4O3. The lowest BCUT2D eigenvalue weighted by atomic mass is 10.1. The lowest BCUT2D eigenvalue weighted by molar-refractivity contribution is -0.134. The van der Waals surface area contributed by atoms with Crippen LogP contribution in [0.4, 0.5) is 0 Å². The Morgan fingerprint density at radius 2 is 1.50 bits per heavy atom. The van der Waals surface area contributed by atoms with Crippen LogP contribution in [0.1, 0.15) is 34.3 Å². The minimum absolute atomic E-state index is 0.00152. The zero-order valence-corrected chi connectivity index (χ0v) is 16.9. The molecule has 2 saturated heterocycles. The highest BCUT2D eigenvalue weighted by molar-refractivity contribution is 5.96. The van der Waals surface area contributed by atoms with Gasteiger partial charge in [0.1, 0.15) is 0 Å². The summed E-state index contributed by atoms with van der Waals surface area (Å²) < 4.78 is 0. The van der Waals surface area contributed by atoms with Gasteiger partial charge in [0.2, 0.25) is 11.8 Å². The van der Waals surface area contributed by atoms with Gasteiger partial charge in [-0.15, -0.1) is 0 Å². The van der Waals surface area contributed by atoms with Gasteiger partial charge >= 0.3 is 0 Å². The molecule has 0 bridgehead atoms. The van der Waals surface area contributed by atoms with E-state index in [0.717, 1.165) is 37.1 Å². The molecule has 1 aromatic carbocycles. The number of likely N-dealkylation sites (tertiary alicyclic amines) is 1. The molecule has 0 spiro atoms. The number of amides is 3. The van der Waals surface area contributed by atoms with E-state index in [9.17, 15) is 14.4 Å². The lowest BCUT2D eigenvalue weighted by Gasteiger charge is -2.35. The first-order valence-corrected chi connectivity index (χ1v) is 10.1. The van der Waals surface area contributed by atoms with E-state index in [4.69, 9.17) is 0 Å². The Bertz CT molecular complexity index is 735. The van der Waals surface area contributed by atoms with Crippen molar-refractivity contribution < 1.29 is 14.4 Å². The standard InChI is InChI=1S/C21H30N4O3/c1-16-5-6-18(13-17(16)2)21(28)22-14-19(26)25-11-9-23(10-12-25)15-20(27)24-7-3-4-8-24/h5-6,13H,3-4,7-12,14-15H2,1-2H3,(H,22,28). The molecule has 2 aliphatic heterocycles. The molecule has 0 aliphatic carbocycles. The number of piperazine rings is 1. The maximum atomic E-state index is 12.4. The molecule has 2 fully saturated rings. The van der Waals surface area contributed by atoms with E-state index in [2.05, 4.69) is 10.2 Å². The Morgan fingerprint density at radius 1 is 0.857 bits per heavy atom. The summed E-state index contributed by atoms with van der Waals surface area (Å²) in [6.45, 7) is 8.70. The van der Waals surface area contributed by atoms with Crippen LogP contribution < -0.4 is 5.32 Å². The molecule has 1 N–H and O–H groups in total. The van der Waals surface area contributed by atoms with Gasteiger partial charge in [0, 0.05) is 44.8 Å². The molecular weight excluding hydrogens is 356 g/mol. The molecule has 7 heteroatoms. The number of aryl methyl sites for hydroxylation is 2. The second kappa shape index (κ2) is 9.19. The number of carbonyl (C=O) groups excluding carboxylic acids is 3. The highest BCUT2D eigenvalue weighted by Crippen LogP contribution is 2.11. The van der Waals surface area contributed by atoms with Crippen molar-refractivity contribution in [2.24, 2.45) is 0 Å². The number of carbonyl (C=O) groups is 3. The van der Waals surface area contributed by atoms with Crippen molar-refractivity contribution in [1.29, 1.82) is 0 Å². The molecule has 7 nitrogen and oxygen atoms in total. The van der Waals surface area contributed by atoms with E-state index in [1.807, 2.05) is 30.9 Å². The van der Waals surface area contributed by atoms with Crippen LogP contribution in [-0.4, -0.2) is 84.8 Å². The van der Waals surface area contributed by atoms with Crippen LogP contribution in [0, 0.1) is 13.8 Å². The van der Waals surface area contributed by atoms with Crippen LogP contribution in [0.25, 0.3) is 0 Å². The number of nitrogens with zero attached hydrogens (tertiary/aromatic N) is 3. The van der Waals surface area contributed by atoms with Crippen molar-refractivity contribution in [3.8, 4) is 0 Å². The van der Waals surface area contributed by atoms with E-state index in [0.29, 0.717) is 38.3 Å². The topological polar surface area (TPSA) is 73.0 Å². The molecule has 152 valence electrons. The minimum atomic E-state index is -0.230. The van der Waals surface area contributed by atoms with Gasteiger partial charge in [0.05, 0.1) is 13.1 Å². The molecule has 0 aromatic heterocycles. The second-order valence-electron chi connectivity index (χ2n) is 7.73. The number of hydrogen-bond acceptors (Lipinski definition) is 4. The van der Waals surface area contributed by atoms with Crippen molar-refractivity contribution in [2.45, 2.75) is 26.7 Å². The van der Waals surface area contributed by atoms with Gasteiger partial charge in [-0.05, 0) is 49.9 Å². The van der Waals surface area contributed by atoms with Gasteiger partial charge in [-0.3, -0.25) is 19.3 Å². The summed E-state index contributed by atoms with van der Waals surface area (Å²) in [6.07, 6.45) is 2.20. The SMILES string of the molecule is Cc1ccc(C(=O)NCC(=O)N2CCN(CC(=O)N3CCCC3)CC2)cc1C. The molecule has 1 aromatic rings. The van der Waals surface area contributed by atoms with Crippen LogP contribution in [0.3, 0.4) is 0 Å². The summed E-state index contributed by atoms with van der Waals surface area (Å²) in [6, 6.07) is 5.53. The number of benzene rings is 1. The molecule has 3 rings (SSSR count). The zero-order chi connectivity index (χ0) is 20.1. The van der Waals surface area contributed by atoms with Crippen LogP contribution in [0.5, 0.6) is 0 Å². The molecule has 3 amide bonds. The van der Waals surface area contributed by atoms with Crippen molar-refractivity contribution >= 4 is 17.7 Å². The van der Waals surface area contributed by atoms with E-state index in [-0.39, 0.29) is 24.3 Å². The number of nitrogens with one attached hydrogen (secondary N) is 1. The molecule has 0 unspecified atom stereocenters. The Morgan fingerprint density at radius 3 is 2.14 bits per heavy atom. The van der Waals surface area contributed by atoms with Crippen LogP contribution in [0.15, 0.2) is 18.2 Å². The Labute approximate surface area is 166 Å². The number of rotatable bonds is 5. The molecule has 0 saturated carbocycles. The largest absolute Gasteiger partial charge is 0.343 e. The van der Waals surface area contributed by atoms with Gasteiger partial charge < -0.3 is 15.1 Å². The van der Waals surface area contributed by atoms with Gasteiger partial charge in [-0.25, -0.2) is 0 Å². The summed E-state index contributed by atoms with van der Waals surface area (Å²) in [5.74, 6) is -0.119. The third kappa shape index (κ3) is 5.10. The van der Waals surface area contributed by atoms with Gasteiger partial charge in [0.25, 0.3) is 5.91 Å². The molecule has 0 radical (unpaired) electrons. The van der Waals surface area contributed by atoms with E-state index >= 15 is 0 Å². The lowest BCUT2D eigenvalue weighted by Crippen LogP contribution is -2.53. The van der Waals surface area contributed by atoms with Crippen molar-refractivity contribution in [1.82, 2.24) is 20.0 Å². The summed E-state index contributed by atoms with van der Waals surface area (Å²) in [5, 5.41) is 2.72. The average molecular weight is 386 g/mol. The van der Waals surface area contributed by atoms with Gasteiger partial charge in [-0.1, -0.05) is 6.07 Å². The first-order valence-electron chi connectivity index (χ1n) is 10.1. The highest BCUT2D eigenvalue weighted by Gasteiger charge is 2.25. The Balaban J connectivity index is 1.40. The first-order chi connectivity index (χ1) is 13.4. The fourth-order valence-corrected chi connectivity index (χ4v) is 3.67. The predicted molar refractivity (Wildman–Crippen MR) is 107 cm³/mol. The second-order valence-corrected chi connectivity index (χ2v) is 7.73. The monoisotopic (exact) mass is 386 g/mol. The van der Waals surface area contributed by atoms with Crippen molar-refractivity contribution in [3.63, 3.8) is 0 Å². The fraction of sp³-hybridized carbons (Fsp3) is 0.571. The van der Waals surface area contributed by atoms with E-state index < -0.39 is 0 Å². The highest BCUT2D eigenvalue weighted by atomic mass is 16.2. The fourth-order valence-electron chi connectivity index (χ4n) is 3.67. The van der Waals surface area contributed by atoms with Gasteiger partial charge in [-0.2, -0.15) is 0 Å². The molecule has 0 atom stereocenters. The van der Waals surface area contributed by atoms with E-state index in [1.54, 1.807) is 11.0 Å². The predicted octanol–water partition coefficient (Wildman–Crippen LogP) is 0.800. The smallest absolute Gasteiger partial charge is 0.251 e. The van der Waals surface area contributed by atoms with Crippen LogP contribution in [-0.2, 0) is 9.59 Å². The summed E-state index contributed by atoms with van der Waals surface area (Å²) in [5.41, 5.74) is 2.76. The third-order valence-electron chi connectivity index (χ3n) is 5.71. The van der Waals surface area contributed by atoms with Gasteiger partial charge in [0.15, 0.2) is 0 Å². The minimum Gasteiger partial charge on any atom is -0.343 e. The molecule has 28 heavy (non-hydrogen) atoms. The van der Waals surface area contributed by atoms with Crippen LogP contribution in [0.2, 0.25) is 0 Å². The van der Waals surface area contributed by atoms with E-state index in [1.165, 1.54) is 0 Å². The average Bonchev–Trinajstić information content (AvgIpc) is 3.23. The van der Waals surface area contributed by atoms with Crippen molar-refractivity contribution in [3.05, 3.63) is 34.9 Å². The van der Waals surface area contributed by atoms with Crippen LogP contribution >= 0.6 is 0 Å². The third-order valence-corrected chi connectivity index (χ3v) is 5.71. The maximum absolute atomic E-state index is 12.4. The summed E-state index contributed by atoms with van der Waals surface area (Å²) >= 11 is 0. The molecule has 2 heterocycles. The summed E-state index contributed by atoms with van der Waals surface area (Å²) in [7, 11) is 0. The number of hydrogen-bond donors (Lipinski definition) is 1. The maximum Gasteiger partial charge on any atom is 0.251 e. The Kier molecular flexibility index (Phi) is 6.67. The molecule has 2 aliphatic rings. The zero-order valence-electron chi connectivity index (χ0n) is 16.9. The van der Waals surface area contributed by atoms with Crippen molar-refractivity contribution in [2.75, 3.05) is 52.4 Å². The normalized spacial score (nSPS) is 17.6. The summed E-state index contributed by atoms with van der Waals surface area (Å²) in [4.78, 5) is 42.7. The quantitative estimate of drug-likeness (QED) is 0.813.